The van der Waals surface area contributed by atoms with Crippen molar-refractivity contribution in [2.45, 2.75) is 32.6 Å². The second-order valence-electron chi connectivity index (χ2n) is 5.31. The zero-order valence-electron chi connectivity index (χ0n) is 11.4. The zero-order valence-corrected chi connectivity index (χ0v) is 14.6. The Bertz CT molecular complexity index is 523. The molecule has 0 N–H and O–H groups in total. The molecule has 2 rings (SSSR count). The van der Waals surface area contributed by atoms with Gasteiger partial charge < -0.3 is 0 Å². The summed E-state index contributed by atoms with van der Waals surface area (Å²) in [5, 5.41) is -0.0527. The van der Waals surface area contributed by atoms with Crippen molar-refractivity contribution in [2.24, 2.45) is 5.92 Å². The highest BCUT2D eigenvalue weighted by molar-refractivity contribution is 9.11. The maximum absolute atomic E-state index is 6.56. The number of alkyl halides is 1. The summed E-state index contributed by atoms with van der Waals surface area (Å²) in [6.07, 6.45) is 1.12. The molecule has 0 aliphatic rings. The molecular weight excluding hydrogens is 340 g/mol. The van der Waals surface area contributed by atoms with Crippen molar-refractivity contribution in [1.29, 1.82) is 0 Å². The van der Waals surface area contributed by atoms with E-state index >= 15 is 0 Å². The van der Waals surface area contributed by atoms with Crippen LogP contribution in [-0.2, 0) is 6.42 Å². The van der Waals surface area contributed by atoms with E-state index in [-0.39, 0.29) is 5.38 Å². The molecule has 0 aliphatic carbocycles. The van der Waals surface area contributed by atoms with Gasteiger partial charge in [-0.25, -0.2) is 0 Å². The molecular formula is C16H18BrClS. The van der Waals surface area contributed by atoms with E-state index in [4.69, 9.17) is 11.6 Å². The van der Waals surface area contributed by atoms with Gasteiger partial charge in [-0.15, -0.1) is 22.9 Å². The third-order valence-corrected chi connectivity index (χ3v) is 5.86. The summed E-state index contributed by atoms with van der Waals surface area (Å²) in [7, 11) is 0. The molecule has 0 amide bonds. The number of thiophene rings is 1. The lowest BCUT2D eigenvalue weighted by Gasteiger charge is -2.10. The van der Waals surface area contributed by atoms with Gasteiger partial charge in [0.15, 0.2) is 0 Å². The van der Waals surface area contributed by atoms with Crippen LogP contribution < -0.4 is 0 Å². The van der Waals surface area contributed by atoms with Crippen molar-refractivity contribution < 1.29 is 0 Å². The monoisotopic (exact) mass is 356 g/mol. The van der Waals surface area contributed by atoms with E-state index < -0.39 is 0 Å². The van der Waals surface area contributed by atoms with E-state index in [0.717, 1.165) is 6.42 Å². The topological polar surface area (TPSA) is 0 Å². The normalized spacial score (nSPS) is 12.9. The van der Waals surface area contributed by atoms with Gasteiger partial charge in [0.1, 0.15) is 0 Å². The van der Waals surface area contributed by atoms with E-state index in [2.05, 4.69) is 67.0 Å². The van der Waals surface area contributed by atoms with Gasteiger partial charge in [0, 0.05) is 4.88 Å². The standard InChI is InChI=1S/C16H18BrClS/c1-10(2)8-12-4-6-13(7-5-12)15(18)14-9-11(3)16(17)19-14/h4-7,9-10,15H,8H2,1-3H3. The van der Waals surface area contributed by atoms with Gasteiger partial charge in [-0.2, -0.15) is 0 Å². The van der Waals surface area contributed by atoms with Gasteiger partial charge in [-0.1, -0.05) is 38.1 Å². The molecule has 0 bridgehead atoms. The fourth-order valence-electron chi connectivity index (χ4n) is 2.07. The highest BCUT2D eigenvalue weighted by Crippen LogP contribution is 2.37. The SMILES string of the molecule is Cc1cc(C(Cl)c2ccc(CC(C)C)cc2)sc1Br. The third-order valence-electron chi connectivity index (χ3n) is 3.04. The minimum absolute atomic E-state index is 0.0527. The minimum atomic E-state index is -0.0527. The van der Waals surface area contributed by atoms with Crippen LogP contribution in [0.25, 0.3) is 0 Å². The number of aryl methyl sites for hydroxylation is 1. The number of rotatable bonds is 4. The molecule has 1 atom stereocenters. The molecule has 0 spiro atoms. The van der Waals surface area contributed by atoms with E-state index in [1.807, 2.05) is 0 Å². The van der Waals surface area contributed by atoms with Crippen LogP contribution in [0.15, 0.2) is 34.1 Å². The Balaban J connectivity index is 2.17. The quantitative estimate of drug-likeness (QED) is 0.560. The first-order valence-corrected chi connectivity index (χ1v) is 8.50. The van der Waals surface area contributed by atoms with Crippen molar-refractivity contribution in [2.75, 3.05) is 0 Å². The minimum Gasteiger partial charge on any atom is -0.131 e. The Labute approximate surface area is 132 Å². The molecule has 1 aromatic heterocycles. The van der Waals surface area contributed by atoms with Gasteiger partial charge in [0.05, 0.1) is 9.16 Å². The first-order valence-electron chi connectivity index (χ1n) is 6.46. The second-order valence-corrected chi connectivity index (χ2v) is 8.15. The summed E-state index contributed by atoms with van der Waals surface area (Å²) >= 11 is 11.8. The van der Waals surface area contributed by atoms with Gasteiger partial charge in [-0.3, -0.25) is 0 Å². The number of hydrogen-bond acceptors (Lipinski definition) is 1. The van der Waals surface area contributed by atoms with E-state index in [0.29, 0.717) is 5.92 Å². The lowest BCUT2D eigenvalue weighted by molar-refractivity contribution is 0.647. The van der Waals surface area contributed by atoms with Crippen LogP contribution in [0.3, 0.4) is 0 Å². The Morgan fingerprint density at radius 3 is 2.32 bits per heavy atom. The van der Waals surface area contributed by atoms with Crippen molar-refractivity contribution in [3.05, 3.63) is 55.7 Å². The lowest BCUT2D eigenvalue weighted by atomic mass is 10.0. The Morgan fingerprint density at radius 1 is 1.21 bits per heavy atom. The Hall–Kier alpha value is -0.310. The second kappa shape index (κ2) is 6.43. The predicted molar refractivity (Wildman–Crippen MR) is 89.4 cm³/mol. The average Bonchev–Trinajstić information content (AvgIpc) is 2.69. The van der Waals surface area contributed by atoms with E-state index in [1.54, 1.807) is 11.3 Å². The molecule has 0 saturated carbocycles. The highest BCUT2D eigenvalue weighted by Gasteiger charge is 2.14. The molecule has 1 heterocycles. The molecule has 0 radical (unpaired) electrons. The van der Waals surface area contributed by atoms with Crippen molar-refractivity contribution in [3.8, 4) is 0 Å². The molecule has 0 saturated heterocycles. The summed E-state index contributed by atoms with van der Waals surface area (Å²) in [5.41, 5.74) is 3.80. The first-order chi connectivity index (χ1) is 8.97. The summed E-state index contributed by atoms with van der Waals surface area (Å²) in [6.45, 7) is 6.58. The smallest absolute Gasteiger partial charge is 0.0928 e. The summed E-state index contributed by atoms with van der Waals surface area (Å²) in [6, 6.07) is 10.9. The molecule has 19 heavy (non-hydrogen) atoms. The van der Waals surface area contributed by atoms with Gasteiger partial charge >= 0.3 is 0 Å². The van der Waals surface area contributed by atoms with Crippen LogP contribution in [0.4, 0.5) is 0 Å². The van der Waals surface area contributed by atoms with E-state index in [1.165, 1.54) is 25.4 Å². The van der Waals surface area contributed by atoms with Crippen LogP contribution in [0, 0.1) is 12.8 Å². The largest absolute Gasteiger partial charge is 0.131 e. The molecule has 0 nitrogen and oxygen atoms in total. The summed E-state index contributed by atoms with van der Waals surface area (Å²) < 4.78 is 1.17. The van der Waals surface area contributed by atoms with E-state index in [9.17, 15) is 0 Å². The van der Waals surface area contributed by atoms with Gasteiger partial charge in [0.25, 0.3) is 0 Å². The molecule has 3 heteroatoms. The molecule has 1 unspecified atom stereocenters. The van der Waals surface area contributed by atoms with Crippen LogP contribution in [0.2, 0.25) is 0 Å². The molecule has 0 fully saturated rings. The predicted octanol–water partition coefficient (Wildman–Crippen LogP) is 6.35. The molecule has 102 valence electrons. The number of benzene rings is 1. The van der Waals surface area contributed by atoms with Gasteiger partial charge in [0.2, 0.25) is 0 Å². The third kappa shape index (κ3) is 3.84. The molecule has 1 aromatic carbocycles. The molecule has 0 aliphatic heterocycles. The van der Waals surface area contributed by atoms with Crippen molar-refractivity contribution >= 4 is 38.9 Å². The lowest BCUT2D eigenvalue weighted by Crippen LogP contribution is -1.95. The van der Waals surface area contributed by atoms with Gasteiger partial charge in [-0.05, 0) is 57.9 Å². The van der Waals surface area contributed by atoms with Crippen LogP contribution in [0.1, 0.15) is 40.8 Å². The maximum atomic E-state index is 6.56. The number of halogens is 2. The van der Waals surface area contributed by atoms with Crippen LogP contribution in [0.5, 0.6) is 0 Å². The van der Waals surface area contributed by atoms with Crippen molar-refractivity contribution in [1.82, 2.24) is 0 Å². The Kier molecular flexibility index (Phi) is 5.10. The van der Waals surface area contributed by atoms with Crippen molar-refractivity contribution in [3.63, 3.8) is 0 Å². The highest BCUT2D eigenvalue weighted by atomic mass is 79.9. The summed E-state index contributed by atoms with van der Waals surface area (Å²) in [4.78, 5) is 1.20. The fourth-order valence-corrected chi connectivity index (χ4v) is 3.99. The molecule has 2 aromatic rings. The number of hydrogen-bond donors (Lipinski definition) is 0. The van der Waals surface area contributed by atoms with Crippen LogP contribution in [-0.4, -0.2) is 0 Å². The Morgan fingerprint density at radius 2 is 1.84 bits per heavy atom. The summed E-state index contributed by atoms with van der Waals surface area (Å²) in [5.74, 6) is 0.688. The fraction of sp³-hybridized carbons (Fsp3) is 0.375. The average molecular weight is 358 g/mol. The maximum Gasteiger partial charge on any atom is 0.0928 e. The zero-order chi connectivity index (χ0) is 14.0. The van der Waals surface area contributed by atoms with Crippen LogP contribution >= 0.6 is 38.9 Å². The first kappa shape index (κ1) is 15.1.